The number of carbonyl (C=O) groups is 1. The standard InChI is InChI=1S/C13H10BrN5O5S/c1-6-11(19(21)22)10(13(20)23-2)16-18(6)4-9-15-12(17-24-9)8-3-7(14)5-25-8/h3,5H,4H2,1-2H3. The van der Waals surface area contributed by atoms with E-state index in [0.717, 1.165) is 16.5 Å². The number of ether oxygens (including phenoxy) is 1. The molecule has 0 saturated heterocycles. The van der Waals surface area contributed by atoms with Crippen LogP contribution < -0.4 is 0 Å². The van der Waals surface area contributed by atoms with E-state index in [9.17, 15) is 14.9 Å². The van der Waals surface area contributed by atoms with Crippen molar-refractivity contribution in [2.75, 3.05) is 7.11 Å². The molecule has 0 N–H and O–H groups in total. The van der Waals surface area contributed by atoms with E-state index < -0.39 is 16.6 Å². The molecular weight excluding hydrogens is 418 g/mol. The first kappa shape index (κ1) is 17.2. The maximum absolute atomic E-state index is 11.7. The van der Waals surface area contributed by atoms with E-state index in [1.54, 1.807) is 0 Å². The molecule has 0 atom stereocenters. The normalized spacial score (nSPS) is 10.8. The Labute approximate surface area is 152 Å². The summed E-state index contributed by atoms with van der Waals surface area (Å²) in [6, 6.07) is 1.85. The van der Waals surface area contributed by atoms with Crippen molar-refractivity contribution in [3.05, 3.63) is 43.3 Å². The number of nitro groups is 1. The minimum atomic E-state index is -0.886. The van der Waals surface area contributed by atoms with Gasteiger partial charge in [-0.3, -0.25) is 14.8 Å². The number of methoxy groups -OCH3 is 1. The zero-order valence-electron chi connectivity index (χ0n) is 12.9. The zero-order valence-corrected chi connectivity index (χ0v) is 15.3. The molecule has 3 heterocycles. The molecule has 10 nitrogen and oxygen atoms in total. The van der Waals surface area contributed by atoms with Gasteiger partial charge in [0.05, 0.1) is 16.9 Å². The third-order valence-corrected chi connectivity index (χ3v) is 4.96. The van der Waals surface area contributed by atoms with Crippen molar-refractivity contribution in [3.8, 4) is 10.7 Å². The van der Waals surface area contributed by atoms with Gasteiger partial charge in [0.15, 0.2) is 0 Å². The molecule has 3 aromatic heterocycles. The molecule has 0 amide bonds. The van der Waals surface area contributed by atoms with Gasteiger partial charge in [0, 0.05) is 9.85 Å². The van der Waals surface area contributed by atoms with E-state index >= 15 is 0 Å². The molecule has 0 bridgehead atoms. The third-order valence-electron chi connectivity index (χ3n) is 3.28. The lowest BCUT2D eigenvalue weighted by Gasteiger charge is -1.97. The highest BCUT2D eigenvalue weighted by molar-refractivity contribution is 9.10. The Hall–Kier alpha value is -2.60. The van der Waals surface area contributed by atoms with Gasteiger partial charge in [0.25, 0.3) is 0 Å². The van der Waals surface area contributed by atoms with Crippen LogP contribution in [0, 0.1) is 17.0 Å². The molecule has 25 heavy (non-hydrogen) atoms. The fourth-order valence-electron chi connectivity index (χ4n) is 2.12. The van der Waals surface area contributed by atoms with E-state index in [2.05, 4.69) is 35.9 Å². The van der Waals surface area contributed by atoms with Crippen LogP contribution >= 0.6 is 27.3 Å². The Bertz CT molecular complexity index is 962. The number of hydrogen-bond donors (Lipinski definition) is 0. The molecule has 0 radical (unpaired) electrons. The molecule has 130 valence electrons. The average Bonchev–Trinajstić information content (AvgIpc) is 3.27. The van der Waals surface area contributed by atoms with Gasteiger partial charge in [-0.05, 0) is 28.9 Å². The van der Waals surface area contributed by atoms with Gasteiger partial charge in [-0.15, -0.1) is 11.3 Å². The molecule has 0 aliphatic rings. The molecule has 3 rings (SSSR count). The van der Waals surface area contributed by atoms with E-state index in [0.29, 0.717) is 5.82 Å². The number of thiophene rings is 1. The lowest BCUT2D eigenvalue weighted by atomic mass is 10.3. The average molecular weight is 428 g/mol. The van der Waals surface area contributed by atoms with Crippen LogP contribution in [0.3, 0.4) is 0 Å². The van der Waals surface area contributed by atoms with Crippen molar-refractivity contribution < 1.29 is 19.0 Å². The summed E-state index contributed by atoms with van der Waals surface area (Å²) in [5.74, 6) is -0.280. The number of nitrogens with zero attached hydrogens (tertiary/aromatic N) is 5. The van der Waals surface area contributed by atoms with Crippen molar-refractivity contribution in [1.82, 2.24) is 19.9 Å². The second-order valence-corrected chi connectivity index (χ2v) is 6.66. The second-order valence-electron chi connectivity index (χ2n) is 4.83. The van der Waals surface area contributed by atoms with Gasteiger partial charge in [-0.1, -0.05) is 5.16 Å². The van der Waals surface area contributed by atoms with Crippen LogP contribution in [-0.4, -0.2) is 37.9 Å². The van der Waals surface area contributed by atoms with E-state index in [-0.39, 0.29) is 23.8 Å². The Morgan fingerprint density at radius 3 is 2.92 bits per heavy atom. The van der Waals surface area contributed by atoms with Crippen LogP contribution in [0.25, 0.3) is 10.7 Å². The molecular formula is C13H10BrN5O5S. The maximum atomic E-state index is 11.7. The van der Waals surface area contributed by atoms with Crippen LogP contribution in [0.4, 0.5) is 5.69 Å². The Morgan fingerprint density at radius 1 is 1.56 bits per heavy atom. The third kappa shape index (κ3) is 3.30. The first-order valence-corrected chi connectivity index (χ1v) is 8.45. The van der Waals surface area contributed by atoms with Crippen LogP contribution in [0.5, 0.6) is 0 Å². The zero-order chi connectivity index (χ0) is 18.1. The highest BCUT2D eigenvalue weighted by Crippen LogP contribution is 2.28. The molecule has 12 heteroatoms. The Kier molecular flexibility index (Phi) is 4.63. The summed E-state index contributed by atoms with van der Waals surface area (Å²) in [6.45, 7) is 1.47. The first-order chi connectivity index (χ1) is 11.9. The van der Waals surface area contributed by atoms with Gasteiger partial charge in [0.1, 0.15) is 12.2 Å². The number of halogens is 1. The number of hydrogen-bond acceptors (Lipinski definition) is 9. The summed E-state index contributed by atoms with van der Waals surface area (Å²) >= 11 is 4.78. The van der Waals surface area contributed by atoms with Crippen LogP contribution in [0.1, 0.15) is 22.1 Å². The lowest BCUT2D eigenvalue weighted by molar-refractivity contribution is -0.385. The fourth-order valence-corrected chi connectivity index (χ4v) is 3.47. The van der Waals surface area contributed by atoms with Crippen molar-refractivity contribution in [1.29, 1.82) is 0 Å². The second kappa shape index (κ2) is 6.72. The molecule has 0 unspecified atom stereocenters. The van der Waals surface area contributed by atoms with Gasteiger partial charge >= 0.3 is 11.7 Å². The van der Waals surface area contributed by atoms with Gasteiger partial charge in [-0.25, -0.2) is 4.79 Å². The van der Waals surface area contributed by atoms with Crippen molar-refractivity contribution >= 4 is 38.9 Å². The molecule has 0 aromatic carbocycles. The van der Waals surface area contributed by atoms with Gasteiger partial charge in [0.2, 0.25) is 17.4 Å². The first-order valence-electron chi connectivity index (χ1n) is 6.77. The smallest absolute Gasteiger partial charge is 0.365 e. The summed E-state index contributed by atoms with van der Waals surface area (Å²) < 4.78 is 11.9. The summed E-state index contributed by atoms with van der Waals surface area (Å²) in [5.41, 5.74) is -0.593. The fraction of sp³-hybridized carbons (Fsp3) is 0.231. The summed E-state index contributed by atoms with van der Waals surface area (Å²) in [6.07, 6.45) is 0. The SMILES string of the molecule is COC(=O)c1nn(Cc2nc(-c3cc(Br)cs3)no2)c(C)c1[N+](=O)[O-]. The maximum Gasteiger partial charge on any atom is 0.365 e. The molecule has 0 saturated carbocycles. The monoisotopic (exact) mass is 427 g/mol. The summed E-state index contributed by atoms with van der Waals surface area (Å²) in [4.78, 5) is 27.3. The number of aromatic nitrogens is 4. The number of esters is 1. The van der Waals surface area contributed by atoms with Crippen molar-refractivity contribution in [2.24, 2.45) is 0 Å². The van der Waals surface area contributed by atoms with Crippen molar-refractivity contribution in [3.63, 3.8) is 0 Å². The lowest BCUT2D eigenvalue weighted by Crippen LogP contribution is -2.07. The Balaban J connectivity index is 1.92. The van der Waals surface area contributed by atoms with Crippen LogP contribution in [-0.2, 0) is 11.3 Å². The molecule has 3 aromatic rings. The highest BCUT2D eigenvalue weighted by Gasteiger charge is 2.31. The Morgan fingerprint density at radius 2 is 2.32 bits per heavy atom. The largest absolute Gasteiger partial charge is 0.464 e. The van der Waals surface area contributed by atoms with E-state index in [1.807, 2.05) is 11.4 Å². The molecule has 0 spiro atoms. The summed E-state index contributed by atoms with van der Waals surface area (Å²) in [5, 5.41) is 20.9. The minimum Gasteiger partial charge on any atom is -0.464 e. The summed E-state index contributed by atoms with van der Waals surface area (Å²) in [7, 11) is 1.13. The predicted octanol–water partition coefficient (Wildman–Crippen LogP) is 2.81. The van der Waals surface area contributed by atoms with Crippen LogP contribution in [0.15, 0.2) is 20.4 Å². The van der Waals surface area contributed by atoms with Gasteiger partial charge < -0.3 is 9.26 Å². The molecule has 0 fully saturated rings. The van der Waals surface area contributed by atoms with E-state index in [1.165, 1.54) is 22.9 Å². The predicted molar refractivity (Wildman–Crippen MR) is 89.4 cm³/mol. The van der Waals surface area contributed by atoms with Gasteiger partial charge in [-0.2, -0.15) is 10.1 Å². The van der Waals surface area contributed by atoms with E-state index in [4.69, 9.17) is 4.52 Å². The number of rotatable bonds is 5. The minimum absolute atomic E-state index is 0.0107. The quantitative estimate of drug-likeness (QED) is 0.345. The topological polar surface area (TPSA) is 126 Å². The molecule has 0 aliphatic carbocycles. The van der Waals surface area contributed by atoms with Crippen molar-refractivity contribution in [2.45, 2.75) is 13.5 Å². The highest BCUT2D eigenvalue weighted by atomic mass is 79.9. The number of carbonyl (C=O) groups excluding carboxylic acids is 1. The van der Waals surface area contributed by atoms with Crippen LogP contribution in [0.2, 0.25) is 0 Å². The molecule has 0 aliphatic heterocycles.